The van der Waals surface area contributed by atoms with E-state index in [-0.39, 0.29) is 24.0 Å². The maximum Gasteiger partial charge on any atom is 0.313 e. The fraction of sp³-hybridized carbons (Fsp3) is 0.636. The Morgan fingerprint density at radius 2 is 2.00 bits per heavy atom. The van der Waals surface area contributed by atoms with Crippen LogP contribution in [0.3, 0.4) is 0 Å². The molecule has 0 heterocycles. The van der Waals surface area contributed by atoms with E-state index in [1.165, 1.54) is 6.92 Å². The van der Waals surface area contributed by atoms with E-state index in [1.54, 1.807) is 6.92 Å². The molecule has 0 saturated carbocycles. The number of carbonyl (C=O) groups is 2. The minimum absolute atomic E-state index is 0.284. The molecule has 1 rings (SSSR count). The van der Waals surface area contributed by atoms with Crippen LogP contribution in [0.1, 0.15) is 26.7 Å². The summed E-state index contributed by atoms with van der Waals surface area (Å²) in [6, 6.07) is 0. The summed E-state index contributed by atoms with van der Waals surface area (Å²) in [7, 11) is 0. The van der Waals surface area contributed by atoms with Gasteiger partial charge in [-0.1, -0.05) is 12.2 Å². The molecule has 2 atom stereocenters. The van der Waals surface area contributed by atoms with Crippen LogP contribution in [0.2, 0.25) is 0 Å². The van der Waals surface area contributed by atoms with Gasteiger partial charge in [0.1, 0.15) is 6.10 Å². The third kappa shape index (κ3) is 3.38. The molecule has 0 saturated heterocycles. The van der Waals surface area contributed by atoms with Crippen molar-refractivity contribution in [2.75, 3.05) is 6.61 Å². The maximum absolute atomic E-state index is 11.5. The summed E-state index contributed by atoms with van der Waals surface area (Å²) >= 11 is 0. The van der Waals surface area contributed by atoms with E-state index in [4.69, 9.17) is 9.47 Å². The van der Waals surface area contributed by atoms with E-state index >= 15 is 0 Å². The first-order valence-electron chi connectivity index (χ1n) is 5.14. The Kier molecular flexibility index (Phi) is 4.34. The highest BCUT2D eigenvalue weighted by Gasteiger charge is 2.32. The molecule has 0 aromatic carbocycles. The molecule has 84 valence electrons. The highest BCUT2D eigenvalue weighted by molar-refractivity contribution is 5.74. The molecule has 0 aromatic heterocycles. The molecule has 0 bridgehead atoms. The van der Waals surface area contributed by atoms with Crippen molar-refractivity contribution in [3.05, 3.63) is 12.2 Å². The number of hydrogen-bond donors (Lipinski definition) is 0. The minimum Gasteiger partial charge on any atom is -0.466 e. The van der Waals surface area contributed by atoms with Gasteiger partial charge in [0.05, 0.1) is 12.5 Å². The van der Waals surface area contributed by atoms with Crippen molar-refractivity contribution < 1.29 is 19.1 Å². The van der Waals surface area contributed by atoms with Crippen LogP contribution in [0.25, 0.3) is 0 Å². The zero-order valence-electron chi connectivity index (χ0n) is 9.06. The predicted octanol–water partition coefficient (Wildman–Crippen LogP) is 1.45. The summed E-state index contributed by atoms with van der Waals surface area (Å²) in [5.41, 5.74) is 0. The fourth-order valence-corrected chi connectivity index (χ4v) is 1.63. The number of rotatable bonds is 3. The Hall–Kier alpha value is -1.32. The van der Waals surface area contributed by atoms with Gasteiger partial charge in [0, 0.05) is 13.3 Å². The molecule has 0 fully saturated rings. The topological polar surface area (TPSA) is 52.6 Å². The zero-order valence-corrected chi connectivity index (χ0v) is 9.06. The quantitative estimate of drug-likeness (QED) is 0.525. The first-order valence-corrected chi connectivity index (χ1v) is 5.14. The lowest BCUT2D eigenvalue weighted by molar-refractivity contribution is -0.160. The van der Waals surface area contributed by atoms with Gasteiger partial charge in [-0.3, -0.25) is 9.59 Å². The van der Waals surface area contributed by atoms with E-state index in [1.807, 2.05) is 12.2 Å². The summed E-state index contributed by atoms with van der Waals surface area (Å²) < 4.78 is 10.0. The standard InChI is InChI=1S/C11H16O4/c1-3-14-11(13)9-6-4-5-7-10(9)15-8(2)12/h4-5,9-10H,3,6-7H2,1-2H3/t9-,10-/m1/s1. The van der Waals surface area contributed by atoms with Gasteiger partial charge in [-0.25, -0.2) is 0 Å². The molecule has 0 aromatic rings. The van der Waals surface area contributed by atoms with Crippen molar-refractivity contribution in [1.29, 1.82) is 0 Å². The molecule has 0 N–H and O–H groups in total. The molecular weight excluding hydrogens is 196 g/mol. The van der Waals surface area contributed by atoms with E-state index in [0.29, 0.717) is 19.4 Å². The van der Waals surface area contributed by atoms with Crippen LogP contribution in [-0.2, 0) is 19.1 Å². The van der Waals surface area contributed by atoms with E-state index < -0.39 is 0 Å². The lowest BCUT2D eigenvalue weighted by atomic mass is 9.91. The molecule has 15 heavy (non-hydrogen) atoms. The second kappa shape index (κ2) is 5.53. The Morgan fingerprint density at radius 1 is 1.33 bits per heavy atom. The van der Waals surface area contributed by atoms with Crippen molar-refractivity contribution in [3.63, 3.8) is 0 Å². The summed E-state index contributed by atoms with van der Waals surface area (Å²) in [6.45, 7) is 3.46. The largest absolute Gasteiger partial charge is 0.466 e. The van der Waals surface area contributed by atoms with Gasteiger partial charge in [-0.2, -0.15) is 0 Å². The third-order valence-electron chi connectivity index (χ3n) is 2.28. The highest BCUT2D eigenvalue weighted by Crippen LogP contribution is 2.23. The van der Waals surface area contributed by atoms with Gasteiger partial charge in [-0.15, -0.1) is 0 Å². The van der Waals surface area contributed by atoms with Gasteiger partial charge in [0.2, 0.25) is 0 Å². The fourth-order valence-electron chi connectivity index (χ4n) is 1.63. The van der Waals surface area contributed by atoms with Gasteiger partial charge < -0.3 is 9.47 Å². The number of esters is 2. The highest BCUT2D eigenvalue weighted by atomic mass is 16.6. The number of carbonyl (C=O) groups excluding carboxylic acids is 2. The first-order chi connectivity index (χ1) is 7.15. The number of allylic oxidation sites excluding steroid dienone is 1. The van der Waals surface area contributed by atoms with Gasteiger partial charge in [0.25, 0.3) is 0 Å². The Morgan fingerprint density at radius 3 is 2.60 bits per heavy atom. The first kappa shape index (κ1) is 11.8. The molecule has 0 spiro atoms. The lowest BCUT2D eigenvalue weighted by Crippen LogP contribution is -2.34. The predicted molar refractivity (Wildman–Crippen MR) is 54.1 cm³/mol. The zero-order chi connectivity index (χ0) is 11.3. The lowest BCUT2D eigenvalue weighted by Gasteiger charge is -2.25. The molecular formula is C11H16O4. The van der Waals surface area contributed by atoms with Gasteiger partial charge in [0.15, 0.2) is 0 Å². The third-order valence-corrected chi connectivity index (χ3v) is 2.28. The van der Waals surface area contributed by atoms with Crippen LogP contribution in [0.5, 0.6) is 0 Å². The molecule has 4 heteroatoms. The Balaban J connectivity index is 2.62. The van der Waals surface area contributed by atoms with Crippen molar-refractivity contribution in [2.24, 2.45) is 5.92 Å². The van der Waals surface area contributed by atoms with Crippen LogP contribution in [0.15, 0.2) is 12.2 Å². The minimum atomic E-state index is -0.369. The van der Waals surface area contributed by atoms with Crippen molar-refractivity contribution >= 4 is 11.9 Å². The smallest absolute Gasteiger partial charge is 0.313 e. The van der Waals surface area contributed by atoms with E-state index in [9.17, 15) is 9.59 Å². The van der Waals surface area contributed by atoms with Crippen LogP contribution in [-0.4, -0.2) is 24.6 Å². The maximum atomic E-state index is 11.5. The SMILES string of the molecule is CCOC(=O)[C@@H]1CC=CC[C@H]1OC(C)=O. The van der Waals surface area contributed by atoms with Crippen molar-refractivity contribution in [2.45, 2.75) is 32.8 Å². The molecule has 0 amide bonds. The summed E-state index contributed by atoms with van der Waals surface area (Å²) in [5.74, 6) is -0.989. The normalized spacial score (nSPS) is 24.7. The molecule has 0 radical (unpaired) electrons. The van der Waals surface area contributed by atoms with Crippen LogP contribution in [0, 0.1) is 5.92 Å². The van der Waals surface area contributed by atoms with E-state index in [2.05, 4.69) is 0 Å². The monoisotopic (exact) mass is 212 g/mol. The molecule has 4 nitrogen and oxygen atoms in total. The molecule has 0 aliphatic heterocycles. The molecule has 0 unspecified atom stereocenters. The molecule has 1 aliphatic carbocycles. The summed E-state index contributed by atoms with van der Waals surface area (Å²) in [6.07, 6.45) is 4.64. The number of ether oxygens (including phenoxy) is 2. The molecule has 1 aliphatic rings. The van der Waals surface area contributed by atoms with Gasteiger partial charge in [-0.05, 0) is 13.3 Å². The van der Waals surface area contributed by atoms with Crippen LogP contribution < -0.4 is 0 Å². The average Bonchev–Trinajstić information content (AvgIpc) is 2.18. The number of hydrogen-bond acceptors (Lipinski definition) is 4. The average molecular weight is 212 g/mol. The second-order valence-corrected chi connectivity index (χ2v) is 3.45. The summed E-state index contributed by atoms with van der Waals surface area (Å²) in [5, 5.41) is 0. The Bertz CT molecular complexity index is 270. The second-order valence-electron chi connectivity index (χ2n) is 3.45. The van der Waals surface area contributed by atoms with Gasteiger partial charge >= 0.3 is 11.9 Å². The Labute approximate surface area is 89.2 Å². The van der Waals surface area contributed by atoms with E-state index in [0.717, 1.165) is 0 Å². The van der Waals surface area contributed by atoms with Crippen molar-refractivity contribution in [1.82, 2.24) is 0 Å². The van der Waals surface area contributed by atoms with Crippen molar-refractivity contribution in [3.8, 4) is 0 Å². The van der Waals surface area contributed by atoms with Crippen LogP contribution in [0.4, 0.5) is 0 Å². The van der Waals surface area contributed by atoms with Crippen LogP contribution >= 0.6 is 0 Å². The summed E-state index contributed by atoms with van der Waals surface area (Å²) in [4.78, 5) is 22.4.